The van der Waals surface area contributed by atoms with Gasteiger partial charge in [-0.05, 0) is 17.7 Å². The van der Waals surface area contributed by atoms with Crippen molar-refractivity contribution in [1.29, 1.82) is 0 Å². The van der Waals surface area contributed by atoms with Gasteiger partial charge in [-0.1, -0.05) is 30.7 Å². The molecule has 0 bridgehead atoms. The fourth-order valence-electron chi connectivity index (χ4n) is 3.11. The maximum atomic E-state index is 10.7. The summed E-state index contributed by atoms with van der Waals surface area (Å²) in [6.07, 6.45) is 0. The summed E-state index contributed by atoms with van der Waals surface area (Å²) < 4.78 is 10.6. The maximum Gasteiger partial charge on any atom is 0.293 e. The molecule has 7 heteroatoms. The van der Waals surface area contributed by atoms with Gasteiger partial charge < -0.3 is 9.47 Å². The van der Waals surface area contributed by atoms with Gasteiger partial charge in [-0.15, -0.1) is 11.3 Å². The highest BCUT2D eigenvalue weighted by molar-refractivity contribution is 7.09. The molecule has 1 aromatic carbocycles. The first-order chi connectivity index (χ1) is 12.2. The number of aromatic nitrogens is 1. The molecule has 25 heavy (non-hydrogen) atoms. The van der Waals surface area contributed by atoms with Crippen LogP contribution in [0.2, 0.25) is 5.02 Å². The summed E-state index contributed by atoms with van der Waals surface area (Å²) in [6.45, 7) is 6.00. The third-order valence-electron chi connectivity index (χ3n) is 4.52. The van der Waals surface area contributed by atoms with E-state index < -0.39 is 0 Å². The van der Waals surface area contributed by atoms with Gasteiger partial charge in [0, 0.05) is 28.9 Å². The van der Waals surface area contributed by atoms with Crippen LogP contribution in [-0.4, -0.2) is 49.3 Å². The molecule has 0 radical (unpaired) electrons. The molecule has 1 fully saturated rings. The van der Waals surface area contributed by atoms with E-state index in [0.717, 1.165) is 34.2 Å². The summed E-state index contributed by atoms with van der Waals surface area (Å²) >= 11 is 7.61. The topological polar surface area (TPSA) is 51.7 Å². The third kappa shape index (κ3) is 4.39. The Labute approximate surface area is 156 Å². The molecule has 0 aliphatic carbocycles. The highest BCUT2D eigenvalue weighted by atomic mass is 35.5. The fraction of sp³-hybridized carbons (Fsp3) is 0.444. The molecule has 0 amide bonds. The van der Waals surface area contributed by atoms with Gasteiger partial charge in [-0.3, -0.25) is 9.69 Å². The van der Waals surface area contributed by atoms with Crippen LogP contribution in [0.5, 0.6) is 0 Å². The molecule has 1 aromatic heterocycles. The number of rotatable bonds is 7. The van der Waals surface area contributed by atoms with E-state index in [0.29, 0.717) is 26.3 Å². The molecule has 0 saturated carbocycles. The second-order valence-electron chi connectivity index (χ2n) is 5.97. The smallest absolute Gasteiger partial charge is 0.293 e. The zero-order valence-corrected chi connectivity index (χ0v) is 15.6. The molecule has 3 rings (SSSR count). The van der Waals surface area contributed by atoms with Crippen LogP contribution in [0, 0.1) is 0 Å². The molecule has 1 aliphatic rings. The van der Waals surface area contributed by atoms with Crippen LogP contribution in [0.3, 0.4) is 0 Å². The standard InChI is InChI=1S/C18H21ClN2O3S/c1-13(14-2-4-15(19)5-3-14)17-18(25-11-20-17)16(10-24-12-22)21-6-8-23-9-7-21/h2-5,11-13,16H,6-10H2,1H3. The van der Waals surface area contributed by atoms with E-state index in [-0.39, 0.29) is 12.0 Å². The number of nitrogens with zero attached hydrogens (tertiary/aromatic N) is 2. The number of benzene rings is 1. The first kappa shape index (κ1) is 18.3. The van der Waals surface area contributed by atoms with Gasteiger partial charge in [0.25, 0.3) is 6.47 Å². The Morgan fingerprint density at radius 2 is 2.08 bits per heavy atom. The number of hydrogen-bond acceptors (Lipinski definition) is 6. The molecule has 1 aliphatic heterocycles. The maximum absolute atomic E-state index is 10.7. The summed E-state index contributed by atoms with van der Waals surface area (Å²) in [5.41, 5.74) is 4.05. The lowest BCUT2D eigenvalue weighted by Gasteiger charge is -2.34. The van der Waals surface area contributed by atoms with Crippen LogP contribution >= 0.6 is 22.9 Å². The number of carbonyl (C=O) groups excluding carboxylic acids is 1. The number of halogens is 1. The predicted molar refractivity (Wildman–Crippen MR) is 98.2 cm³/mol. The summed E-state index contributed by atoms with van der Waals surface area (Å²) in [5.74, 6) is 0.137. The first-order valence-corrected chi connectivity index (χ1v) is 9.52. The van der Waals surface area contributed by atoms with Crippen molar-refractivity contribution in [2.45, 2.75) is 18.9 Å². The van der Waals surface area contributed by atoms with Gasteiger partial charge in [0.1, 0.15) is 6.61 Å². The largest absolute Gasteiger partial charge is 0.466 e. The normalized spacial score (nSPS) is 17.8. The number of hydrogen-bond donors (Lipinski definition) is 0. The lowest BCUT2D eigenvalue weighted by molar-refractivity contribution is -0.131. The summed E-state index contributed by atoms with van der Waals surface area (Å²) in [4.78, 5) is 18.8. The van der Waals surface area contributed by atoms with E-state index >= 15 is 0 Å². The minimum Gasteiger partial charge on any atom is -0.466 e. The quantitative estimate of drug-likeness (QED) is 0.688. The molecular weight excluding hydrogens is 360 g/mol. The van der Waals surface area contributed by atoms with E-state index in [9.17, 15) is 4.79 Å². The molecule has 2 unspecified atom stereocenters. The molecule has 0 N–H and O–H groups in total. The summed E-state index contributed by atoms with van der Waals surface area (Å²) in [7, 11) is 0. The van der Waals surface area contributed by atoms with Crippen molar-refractivity contribution in [3.8, 4) is 0 Å². The van der Waals surface area contributed by atoms with Gasteiger partial charge in [-0.2, -0.15) is 0 Å². The Hall–Kier alpha value is -1.47. The highest BCUT2D eigenvalue weighted by Crippen LogP contribution is 2.35. The van der Waals surface area contributed by atoms with Crippen LogP contribution in [0.4, 0.5) is 0 Å². The van der Waals surface area contributed by atoms with Crippen molar-refractivity contribution >= 4 is 29.4 Å². The van der Waals surface area contributed by atoms with Crippen molar-refractivity contribution in [3.63, 3.8) is 0 Å². The molecule has 5 nitrogen and oxygen atoms in total. The Morgan fingerprint density at radius 1 is 1.36 bits per heavy atom. The Morgan fingerprint density at radius 3 is 2.76 bits per heavy atom. The van der Waals surface area contributed by atoms with Crippen molar-refractivity contribution < 1.29 is 14.3 Å². The van der Waals surface area contributed by atoms with E-state index in [1.54, 1.807) is 11.3 Å². The third-order valence-corrected chi connectivity index (χ3v) is 5.71. The first-order valence-electron chi connectivity index (χ1n) is 8.26. The number of morpholine rings is 1. The number of carbonyl (C=O) groups is 1. The molecule has 0 spiro atoms. The van der Waals surface area contributed by atoms with Crippen LogP contribution in [0.25, 0.3) is 0 Å². The fourth-order valence-corrected chi connectivity index (χ4v) is 4.24. The van der Waals surface area contributed by atoms with E-state index in [2.05, 4.69) is 16.8 Å². The second-order valence-corrected chi connectivity index (χ2v) is 7.29. The summed E-state index contributed by atoms with van der Waals surface area (Å²) in [5, 5.41) is 0.722. The zero-order chi connectivity index (χ0) is 17.6. The van der Waals surface area contributed by atoms with Crippen molar-refractivity contribution in [2.75, 3.05) is 32.9 Å². The number of ether oxygens (including phenoxy) is 2. The number of thiazole rings is 1. The summed E-state index contributed by atoms with van der Waals surface area (Å²) in [6, 6.07) is 7.86. The Balaban J connectivity index is 1.88. The molecule has 1 saturated heterocycles. The predicted octanol–water partition coefficient (Wildman–Crippen LogP) is 3.49. The molecular formula is C18H21ClN2O3S. The molecule has 2 atom stereocenters. The lowest BCUT2D eigenvalue weighted by atomic mass is 9.95. The van der Waals surface area contributed by atoms with E-state index in [1.807, 2.05) is 29.8 Å². The molecule has 2 heterocycles. The van der Waals surface area contributed by atoms with Crippen LogP contribution in [-0.2, 0) is 14.3 Å². The average Bonchev–Trinajstić information content (AvgIpc) is 3.12. The lowest BCUT2D eigenvalue weighted by Crippen LogP contribution is -2.40. The van der Waals surface area contributed by atoms with E-state index in [4.69, 9.17) is 21.1 Å². The van der Waals surface area contributed by atoms with Crippen molar-refractivity contribution in [1.82, 2.24) is 9.88 Å². The van der Waals surface area contributed by atoms with Gasteiger partial charge >= 0.3 is 0 Å². The van der Waals surface area contributed by atoms with E-state index in [1.165, 1.54) is 0 Å². The minimum absolute atomic E-state index is 0.00588. The Bertz CT molecular complexity index is 686. The zero-order valence-electron chi connectivity index (χ0n) is 14.1. The SMILES string of the molecule is CC(c1ccc(Cl)cc1)c1ncsc1C(COC=O)N1CCOCC1. The Kier molecular flexibility index (Phi) is 6.42. The van der Waals surface area contributed by atoms with Gasteiger partial charge in [0.05, 0.1) is 30.5 Å². The second kappa shape index (κ2) is 8.76. The average molecular weight is 381 g/mol. The van der Waals surface area contributed by atoms with Crippen LogP contribution in [0.1, 0.15) is 35.0 Å². The van der Waals surface area contributed by atoms with Crippen molar-refractivity contribution in [3.05, 3.63) is 50.9 Å². The van der Waals surface area contributed by atoms with Crippen LogP contribution in [0.15, 0.2) is 29.8 Å². The van der Waals surface area contributed by atoms with Crippen LogP contribution < -0.4 is 0 Å². The van der Waals surface area contributed by atoms with Gasteiger partial charge in [0.15, 0.2) is 0 Å². The minimum atomic E-state index is 0.00588. The van der Waals surface area contributed by atoms with Gasteiger partial charge in [0.2, 0.25) is 0 Å². The van der Waals surface area contributed by atoms with Crippen molar-refractivity contribution in [2.24, 2.45) is 0 Å². The molecule has 134 valence electrons. The van der Waals surface area contributed by atoms with Gasteiger partial charge in [-0.25, -0.2) is 4.98 Å². The monoisotopic (exact) mass is 380 g/mol. The highest BCUT2D eigenvalue weighted by Gasteiger charge is 2.29. The molecule has 2 aromatic rings.